The number of carbonyl (C=O) groups is 2. The van der Waals surface area contributed by atoms with E-state index in [9.17, 15) is 18.0 Å². The summed E-state index contributed by atoms with van der Waals surface area (Å²) in [5.74, 6) is -0.406. The van der Waals surface area contributed by atoms with Crippen LogP contribution in [-0.2, 0) is 32.7 Å². The molecule has 0 fully saturated rings. The fourth-order valence-corrected chi connectivity index (χ4v) is 4.29. The molecular formula is C22H24N4O6S2. The molecule has 2 aromatic carbocycles. The molecular weight excluding hydrogens is 480 g/mol. The Morgan fingerprint density at radius 1 is 1.03 bits per heavy atom. The van der Waals surface area contributed by atoms with Crippen LogP contribution >= 0.6 is 11.3 Å². The average Bonchev–Trinajstić information content (AvgIpc) is 3.34. The first-order chi connectivity index (χ1) is 16.2. The first-order valence-corrected chi connectivity index (χ1v) is 12.5. The number of aromatic nitrogens is 1. The van der Waals surface area contributed by atoms with Gasteiger partial charge in [-0.1, -0.05) is 42.5 Å². The minimum atomic E-state index is -4.37. The lowest BCUT2D eigenvalue weighted by atomic mass is 10.0. The number of thiazole rings is 1. The fraction of sp³-hybridized carbons (Fsp3) is 0.227. The van der Waals surface area contributed by atoms with Gasteiger partial charge in [0, 0.05) is 11.8 Å². The summed E-state index contributed by atoms with van der Waals surface area (Å²) in [6.07, 6.45) is -0.0948. The standard InChI is InChI=1S/C22H24N4O6S2/c1-32-22(28)25-19(12-15-5-3-2-4-6-15)21(27)24-18(20-13-33-14-23-20)11-16-7-9-17(10-8-16)26-34(29,30)31/h2-10,13-14,18-19,26H,11-12H2,1H3,(H,24,27)(H,25,28)(H,29,30,31)/t18-,19-/m0/s1. The van der Waals surface area contributed by atoms with Gasteiger partial charge < -0.3 is 15.4 Å². The number of methoxy groups -OCH3 is 1. The van der Waals surface area contributed by atoms with Crippen molar-refractivity contribution in [3.63, 3.8) is 0 Å². The Labute approximate surface area is 201 Å². The summed E-state index contributed by atoms with van der Waals surface area (Å²) >= 11 is 1.38. The molecule has 12 heteroatoms. The molecule has 3 aromatic rings. The molecule has 0 aliphatic rings. The number of nitrogens with zero attached hydrogens (tertiary/aromatic N) is 1. The number of hydrogen-bond donors (Lipinski definition) is 4. The van der Waals surface area contributed by atoms with E-state index in [0.717, 1.165) is 11.1 Å². The quantitative estimate of drug-likeness (QED) is 0.310. The summed E-state index contributed by atoms with van der Waals surface area (Å²) in [5, 5.41) is 7.35. The summed E-state index contributed by atoms with van der Waals surface area (Å²) < 4.78 is 37.5. The lowest BCUT2D eigenvalue weighted by Crippen LogP contribution is -2.49. The molecule has 0 aliphatic heterocycles. The van der Waals surface area contributed by atoms with E-state index in [0.29, 0.717) is 12.1 Å². The van der Waals surface area contributed by atoms with Crippen molar-refractivity contribution < 1.29 is 27.3 Å². The van der Waals surface area contributed by atoms with Crippen LogP contribution < -0.4 is 15.4 Å². The second-order valence-electron chi connectivity index (χ2n) is 7.33. The van der Waals surface area contributed by atoms with Gasteiger partial charge in [0.25, 0.3) is 0 Å². The van der Waals surface area contributed by atoms with Crippen LogP contribution in [-0.4, -0.2) is 43.1 Å². The number of carbonyl (C=O) groups excluding carboxylic acids is 2. The van der Waals surface area contributed by atoms with Crippen LogP contribution in [0.3, 0.4) is 0 Å². The van der Waals surface area contributed by atoms with Crippen molar-refractivity contribution in [2.24, 2.45) is 0 Å². The molecule has 0 bridgehead atoms. The van der Waals surface area contributed by atoms with Crippen molar-refractivity contribution in [3.8, 4) is 0 Å². The van der Waals surface area contributed by atoms with Gasteiger partial charge in [-0.15, -0.1) is 11.3 Å². The van der Waals surface area contributed by atoms with Crippen LogP contribution in [0.15, 0.2) is 65.5 Å². The monoisotopic (exact) mass is 504 g/mol. The maximum Gasteiger partial charge on any atom is 0.407 e. The third-order valence-corrected chi connectivity index (χ3v) is 5.94. The zero-order valence-corrected chi connectivity index (χ0v) is 19.8. The SMILES string of the molecule is COC(=O)N[C@@H](Cc1ccccc1)C(=O)N[C@@H](Cc1ccc(NS(=O)(=O)O)cc1)c1cscn1. The molecule has 0 saturated heterocycles. The van der Waals surface area contributed by atoms with Crippen LogP contribution in [0.1, 0.15) is 22.9 Å². The van der Waals surface area contributed by atoms with Gasteiger partial charge >= 0.3 is 16.4 Å². The summed E-state index contributed by atoms with van der Waals surface area (Å²) in [7, 11) is -3.14. The van der Waals surface area contributed by atoms with Crippen molar-refractivity contribution in [1.82, 2.24) is 15.6 Å². The highest BCUT2D eigenvalue weighted by atomic mass is 32.2. The molecule has 1 heterocycles. The maximum absolute atomic E-state index is 13.2. The summed E-state index contributed by atoms with van der Waals surface area (Å²) in [4.78, 5) is 29.4. The van der Waals surface area contributed by atoms with E-state index in [1.807, 2.05) is 40.4 Å². The first-order valence-electron chi connectivity index (χ1n) is 10.1. The van der Waals surface area contributed by atoms with Crippen LogP contribution in [0.5, 0.6) is 0 Å². The zero-order chi connectivity index (χ0) is 24.6. The van der Waals surface area contributed by atoms with E-state index in [1.54, 1.807) is 17.6 Å². The van der Waals surface area contributed by atoms with E-state index in [1.165, 1.54) is 30.6 Å². The second-order valence-corrected chi connectivity index (χ2v) is 9.20. The van der Waals surface area contributed by atoms with Gasteiger partial charge in [0.2, 0.25) is 5.91 Å². The molecule has 0 saturated carbocycles. The van der Waals surface area contributed by atoms with Crippen LogP contribution in [0.4, 0.5) is 10.5 Å². The van der Waals surface area contributed by atoms with Gasteiger partial charge in [-0.05, 0) is 29.7 Å². The lowest BCUT2D eigenvalue weighted by molar-refractivity contribution is -0.123. The summed E-state index contributed by atoms with van der Waals surface area (Å²) in [6, 6.07) is 14.2. The molecule has 180 valence electrons. The Bertz CT molecular complexity index is 1190. The van der Waals surface area contributed by atoms with Crippen LogP contribution in [0, 0.1) is 0 Å². The Balaban J connectivity index is 1.77. The van der Waals surface area contributed by atoms with Crippen LogP contribution in [0.2, 0.25) is 0 Å². The minimum absolute atomic E-state index is 0.200. The smallest absolute Gasteiger partial charge is 0.407 e. The van der Waals surface area contributed by atoms with Crippen LogP contribution in [0.25, 0.3) is 0 Å². The molecule has 0 spiro atoms. The van der Waals surface area contributed by atoms with Crippen molar-refractivity contribution in [1.29, 1.82) is 0 Å². The minimum Gasteiger partial charge on any atom is -0.453 e. The molecule has 34 heavy (non-hydrogen) atoms. The Morgan fingerprint density at radius 2 is 1.71 bits per heavy atom. The molecule has 1 aromatic heterocycles. The number of alkyl carbamates (subject to hydrolysis) is 1. The second kappa shape index (κ2) is 11.6. The van der Waals surface area contributed by atoms with E-state index < -0.39 is 34.4 Å². The van der Waals surface area contributed by atoms with E-state index >= 15 is 0 Å². The number of ether oxygens (including phenoxy) is 1. The summed E-state index contributed by atoms with van der Waals surface area (Å²) in [6.45, 7) is 0. The number of rotatable bonds is 10. The Kier molecular flexibility index (Phi) is 8.57. The molecule has 3 rings (SSSR count). The molecule has 4 N–H and O–H groups in total. The number of amides is 2. The highest BCUT2D eigenvalue weighted by molar-refractivity contribution is 7.87. The topological polar surface area (TPSA) is 147 Å². The Hall–Kier alpha value is -3.48. The van der Waals surface area contributed by atoms with Gasteiger partial charge in [-0.3, -0.25) is 14.1 Å². The average molecular weight is 505 g/mol. The fourth-order valence-electron chi connectivity index (χ4n) is 3.25. The van der Waals surface area contributed by atoms with Crippen molar-refractivity contribution in [2.45, 2.75) is 24.9 Å². The normalized spacial score (nSPS) is 12.9. The van der Waals surface area contributed by atoms with Gasteiger partial charge in [0.05, 0.1) is 30.0 Å². The molecule has 0 unspecified atom stereocenters. The molecule has 2 atom stereocenters. The first kappa shape index (κ1) is 25.1. The lowest BCUT2D eigenvalue weighted by Gasteiger charge is -2.23. The Morgan fingerprint density at radius 3 is 2.29 bits per heavy atom. The number of hydrogen-bond acceptors (Lipinski definition) is 7. The van der Waals surface area contributed by atoms with E-state index in [2.05, 4.69) is 20.4 Å². The highest BCUT2D eigenvalue weighted by Crippen LogP contribution is 2.21. The molecule has 10 nitrogen and oxygen atoms in total. The molecule has 0 aliphatic carbocycles. The van der Waals surface area contributed by atoms with Gasteiger partial charge in [0.1, 0.15) is 6.04 Å². The zero-order valence-electron chi connectivity index (χ0n) is 18.2. The van der Waals surface area contributed by atoms with Crippen molar-refractivity contribution in [2.75, 3.05) is 11.8 Å². The van der Waals surface area contributed by atoms with Crippen molar-refractivity contribution >= 4 is 39.3 Å². The molecule has 0 radical (unpaired) electrons. The summed E-state index contributed by atoms with van der Waals surface area (Å²) in [5.41, 5.74) is 4.16. The largest absolute Gasteiger partial charge is 0.453 e. The third-order valence-electron chi connectivity index (χ3n) is 4.84. The van der Waals surface area contributed by atoms with Gasteiger partial charge in [-0.25, -0.2) is 9.78 Å². The van der Waals surface area contributed by atoms with E-state index in [-0.39, 0.29) is 12.1 Å². The highest BCUT2D eigenvalue weighted by Gasteiger charge is 2.26. The molecule has 2 amide bonds. The van der Waals surface area contributed by atoms with Gasteiger partial charge in [0.15, 0.2) is 0 Å². The predicted molar refractivity (Wildman–Crippen MR) is 128 cm³/mol. The number of benzene rings is 2. The van der Waals surface area contributed by atoms with Gasteiger partial charge in [-0.2, -0.15) is 8.42 Å². The number of anilines is 1. The van der Waals surface area contributed by atoms with Crippen molar-refractivity contribution in [3.05, 3.63) is 82.3 Å². The third kappa shape index (κ3) is 7.83. The van der Waals surface area contributed by atoms with E-state index in [4.69, 9.17) is 4.55 Å². The maximum atomic E-state index is 13.2. The predicted octanol–water partition coefficient (Wildman–Crippen LogP) is 2.73. The number of nitrogens with one attached hydrogen (secondary N) is 3.